The fourth-order valence-corrected chi connectivity index (χ4v) is 11.4. The van der Waals surface area contributed by atoms with Crippen LogP contribution in [0.25, 0.3) is 0 Å². The molecule has 392 valence electrons. The summed E-state index contributed by atoms with van der Waals surface area (Å²) in [6.07, 6.45) is 0.305. The van der Waals surface area contributed by atoms with Gasteiger partial charge in [0, 0.05) is 33.9 Å². The summed E-state index contributed by atoms with van der Waals surface area (Å²) >= 11 is 4.10. The molecule has 0 amide bonds. The highest BCUT2D eigenvalue weighted by Gasteiger charge is 2.35. The van der Waals surface area contributed by atoms with Crippen molar-refractivity contribution in [3.8, 4) is 0 Å². The van der Waals surface area contributed by atoms with E-state index in [-0.39, 0.29) is 56.4 Å². The van der Waals surface area contributed by atoms with Gasteiger partial charge in [0.1, 0.15) is 19.8 Å². The minimum Gasteiger partial charge on any atom is -0.465 e. The van der Waals surface area contributed by atoms with E-state index < -0.39 is 39.1 Å². The Morgan fingerprint density at radius 3 is 0.787 bits per heavy atom. The molecule has 0 aliphatic rings. The van der Waals surface area contributed by atoms with Crippen molar-refractivity contribution in [2.24, 2.45) is 5.41 Å². The van der Waals surface area contributed by atoms with Crippen molar-refractivity contribution < 1.29 is 43.0 Å². The predicted octanol–water partition coefficient (Wildman–Crippen LogP) is 14.1. The summed E-state index contributed by atoms with van der Waals surface area (Å²) in [5.41, 5.74) is 9.49. The molecule has 0 bridgehead atoms. The Morgan fingerprint density at radius 1 is 0.360 bits per heavy atom. The monoisotopic (exact) mass is 1060 g/mol. The molecule has 0 saturated carbocycles. The van der Waals surface area contributed by atoms with E-state index >= 15 is 0 Å². The summed E-state index contributed by atoms with van der Waals surface area (Å²) in [6, 6.07) is 45.8. The minimum absolute atomic E-state index is 0.00502. The van der Waals surface area contributed by atoms with Gasteiger partial charge in [0.25, 0.3) is 0 Å². The van der Waals surface area contributed by atoms with Crippen LogP contribution in [-0.2, 0) is 28.6 Å². The van der Waals surface area contributed by atoms with Gasteiger partial charge in [-0.2, -0.15) is 0 Å². The molecule has 0 aliphatic carbocycles. The highest BCUT2D eigenvalue weighted by atomic mass is 32.2. The van der Waals surface area contributed by atoms with Crippen molar-refractivity contribution in [2.45, 2.75) is 89.9 Å². The number of thioether (sulfide) groups is 3. The van der Waals surface area contributed by atoms with Crippen LogP contribution in [0.15, 0.2) is 146 Å². The van der Waals surface area contributed by atoms with E-state index in [1.54, 1.807) is 0 Å². The molecule has 0 aliphatic heterocycles. The molecule has 0 fully saturated rings. The van der Waals surface area contributed by atoms with Crippen LogP contribution >= 0.6 is 35.3 Å². The van der Waals surface area contributed by atoms with Crippen molar-refractivity contribution in [3.63, 3.8) is 0 Å². The summed E-state index contributed by atoms with van der Waals surface area (Å²) in [5.74, 6) is -0.858. The lowest BCUT2D eigenvalue weighted by Gasteiger charge is -2.31. The van der Waals surface area contributed by atoms with Crippen molar-refractivity contribution in [1.82, 2.24) is 0 Å². The fraction of sp³-hybridized carbons (Fsp3) is 0.333. The summed E-state index contributed by atoms with van der Waals surface area (Å²) < 4.78 is 17.7. The van der Waals surface area contributed by atoms with Crippen LogP contribution in [0.3, 0.4) is 0 Å². The molecular weight excluding hydrogens is 997 g/mol. The molecule has 3 atom stereocenters. The molecule has 12 heteroatoms. The lowest BCUT2D eigenvalue weighted by Crippen LogP contribution is -2.39. The Labute approximate surface area is 455 Å². The Morgan fingerprint density at radius 2 is 0.573 bits per heavy atom. The third-order valence-electron chi connectivity index (χ3n) is 13.0. The topological polar surface area (TPSA) is 130 Å². The highest BCUT2D eigenvalue weighted by molar-refractivity contribution is 8.00. The number of rotatable bonds is 28. The van der Waals surface area contributed by atoms with Gasteiger partial charge < -0.3 is 14.2 Å². The third-order valence-corrected chi connectivity index (χ3v) is 16.8. The molecule has 3 unspecified atom stereocenters. The van der Waals surface area contributed by atoms with Gasteiger partial charge in [0.2, 0.25) is 0 Å². The lowest BCUT2D eigenvalue weighted by molar-refractivity contribution is -0.161. The van der Waals surface area contributed by atoms with Gasteiger partial charge in [-0.1, -0.05) is 186 Å². The molecule has 6 aromatic carbocycles. The first kappa shape index (κ1) is 58.1. The zero-order valence-electron chi connectivity index (χ0n) is 44.1. The van der Waals surface area contributed by atoms with E-state index in [4.69, 9.17) is 14.2 Å². The smallest absolute Gasteiger partial charge is 0.306 e. The van der Waals surface area contributed by atoms with E-state index in [2.05, 4.69) is 0 Å². The number of Topliss-reactive ketones (excluding diaryl/α,β-unsaturated/α-hetero) is 3. The van der Waals surface area contributed by atoms with Crippen LogP contribution in [0, 0.1) is 47.0 Å². The number of benzene rings is 6. The van der Waals surface area contributed by atoms with Crippen LogP contribution in [0.1, 0.15) is 130 Å². The number of hydrogen-bond donors (Lipinski definition) is 0. The molecule has 6 aromatic rings. The molecule has 0 spiro atoms. The van der Waals surface area contributed by atoms with E-state index in [9.17, 15) is 28.8 Å². The molecule has 0 radical (unpaired) electrons. The average Bonchev–Trinajstić information content (AvgIpc) is 3.41. The Hall–Kier alpha value is -6.21. The van der Waals surface area contributed by atoms with Gasteiger partial charge in [-0.05, 0) is 64.7 Å². The van der Waals surface area contributed by atoms with Crippen molar-refractivity contribution >= 4 is 70.5 Å². The van der Waals surface area contributed by atoms with Gasteiger partial charge in [-0.3, -0.25) is 28.8 Å². The van der Waals surface area contributed by atoms with E-state index in [1.807, 2.05) is 194 Å². The first-order valence-electron chi connectivity index (χ1n) is 25.4. The SMILES string of the molecule is CCC(COC(=O)CCSC(C(=O)c1ccc(C)cc1)c1ccc(C)cc1)(COC(=O)CCSC(C(=O)c1ccc(C)cc1)c1ccc(C)cc1)COC(=O)CCSC(C(=O)c1ccc(C)cc1)c1ccc(C)cc1. The number of ketones is 3. The zero-order valence-corrected chi connectivity index (χ0v) is 46.5. The number of carbonyl (C=O) groups is 6. The molecule has 0 heterocycles. The van der Waals surface area contributed by atoms with Crippen LogP contribution in [-0.4, -0.2) is 72.3 Å². The van der Waals surface area contributed by atoms with E-state index in [1.165, 1.54) is 35.3 Å². The van der Waals surface area contributed by atoms with Gasteiger partial charge in [0.15, 0.2) is 17.3 Å². The summed E-state index contributed by atoms with van der Waals surface area (Å²) in [7, 11) is 0. The average molecular weight is 1070 g/mol. The highest BCUT2D eigenvalue weighted by Crippen LogP contribution is 2.37. The predicted molar refractivity (Wildman–Crippen MR) is 305 cm³/mol. The van der Waals surface area contributed by atoms with Gasteiger partial charge in [0.05, 0.1) is 40.4 Å². The normalized spacial score (nSPS) is 13.2. The molecule has 0 N–H and O–H groups in total. The Kier molecular flexibility index (Phi) is 22.2. The number of aryl methyl sites for hydroxylation is 6. The van der Waals surface area contributed by atoms with Crippen LogP contribution in [0.4, 0.5) is 0 Å². The molecular formula is C63H68O9S3. The molecule has 0 aromatic heterocycles. The van der Waals surface area contributed by atoms with Crippen LogP contribution in [0.2, 0.25) is 0 Å². The first-order chi connectivity index (χ1) is 36.0. The van der Waals surface area contributed by atoms with E-state index in [0.717, 1.165) is 50.1 Å². The number of ether oxygens (including phenoxy) is 3. The zero-order chi connectivity index (χ0) is 53.9. The van der Waals surface area contributed by atoms with Crippen molar-refractivity contribution in [1.29, 1.82) is 0 Å². The number of esters is 3. The second-order valence-electron chi connectivity index (χ2n) is 19.3. The third kappa shape index (κ3) is 17.7. The number of hydrogen-bond acceptors (Lipinski definition) is 12. The van der Waals surface area contributed by atoms with E-state index in [0.29, 0.717) is 40.4 Å². The Bertz CT molecular complexity index is 2530. The van der Waals surface area contributed by atoms with Gasteiger partial charge in [-0.25, -0.2) is 0 Å². The minimum atomic E-state index is -1.10. The van der Waals surface area contributed by atoms with Gasteiger partial charge >= 0.3 is 17.9 Å². The number of carbonyl (C=O) groups excluding carboxylic acids is 6. The molecule has 75 heavy (non-hydrogen) atoms. The molecule has 9 nitrogen and oxygen atoms in total. The summed E-state index contributed by atoms with van der Waals surface area (Å²) in [6.45, 7) is 13.1. The molecule has 6 rings (SSSR count). The van der Waals surface area contributed by atoms with Crippen molar-refractivity contribution in [3.05, 3.63) is 212 Å². The fourth-order valence-electron chi connectivity index (χ4n) is 7.93. The second kappa shape index (κ2) is 28.6. The maximum absolute atomic E-state index is 13.9. The maximum Gasteiger partial charge on any atom is 0.306 e. The Balaban J connectivity index is 1.11. The maximum atomic E-state index is 13.9. The first-order valence-corrected chi connectivity index (χ1v) is 28.5. The largest absolute Gasteiger partial charge is 0.465 e. The summed E-state index contributed by atoms with van der Waals surface area (Å²) in [4.78, 5) is 82.3. The quantitative estimate of drug-likeness (QED) is 0.0263. The lowest BCUT2D eigenvalue weighted by atomic mass is 9.88. The van der Waals surface area contributed by atoms with Crippen LogP contribution in [0.5, 0.6) is 0 Å². The van der Waals surface area contributed by atoms with Gasteiger partial charge in [-0.15, -0.1) is 35.3 Å². The summed E-state index contributed by atoms with van der Waals surface area (Å²) in [5, 5.41) is -1.65. The van der Waals surface area contributed by atoms with Crippen LogP contribution < -0.4 is 0 Å². The second-order valence-corrected chi connectivity index (χ2v) is 22.9. The standard InChI is InChI=1S/C63H68O9S3/c1-8-63(39-70-54(64)33-36-73-60(51-27-15-45(5)16-28-51)57(67)48-21-9-42(2)10-22-48,40-71-55(65)34-37-74-61(52-29-17-46(6)18-30-52)58(68)49-23-11-43(3)12-24-49)41-72-56(66)35-38-75-62(53-31-19-47(7)20-32-53)59(69)50-25-13-44(4)14-26-50/h9-32,60-62H,8,33-41H2,1-7H3. The van der Waals surface area contributed by atoms with Crippen molar-refractivity contribution in [2.75, 3.05) is 37.1 Å². The molecule has 0 saturated heterocycles.